The number of carbonyl (C=O) groups is 2. The maximum atomic E-state index is 10.9. The molecule has 0 fully saturated rings. The largest absolute Gasteiger partial charge is 0.436 e. The van der Waals surface area contributed by atoms with E-state index in [9.17, 15) is 9.59 Å². The minimum Gasteiger partial charge on any atom is -0.436 e. The summed E-state index contributed by atoms with van der Waals surface area (Å²) in [5, 5.41) is 17.8. The topological polar surface area (TPSA) is 93.1 Å². The Bertz CT molecular complexity index is 193. The van der Waals surface area contributed by atoms with Crippen LogP contribution in [0.2, 0.25) is 0 Å². The van der Waals surface area contributed by atoms with Gasteiger partial charge in [-0.25, -0.2) is 0 Å². The molecule has 2 atom stereocenters. The first kappa shape index (κ1) is 13.9. The van der Waals surface area contributed by atoms with Gasteiger partial charge in [-0.3, -0.25) is 9.59 Å². The molecule has 0 amide bonds. The van der Waals surface area contributed by atoms with Crippen LogP contribution in [0.15, 0.2) is 0 Å². The monoisotopic (exact) mass is 220 g/mol. The predicted octanol–water partition coefficient (Wildman–Crippen LogP) is -0.0803. The van der Waals surface area contributed by atoms with Crippen molar-refractivity contribution >= 4 is 11.9 Å². The molecule has 88 valence electrons. The van der Waals surface area contributed by atoms with Crippen molar-refractivity contribution in [2.45, 2.75) is 45.7 Å². The van der Waals surface area contributed by atoms with Gasteiger partial charge in [0.1, 0.15) is 6.42 Å². The Kier molecular flexibility index (Phi) is 6.64. The first-order valence-corrected chi connectivity index (χ1v) is 4.74. The first-order valence-electron chi connectivity index (χ1n) is 4.74. The van der Waals surface area contributed by atoms with E-state index in [1.54, 1.807) is 13.8 Å². The van der Waals surface area contributed by atoms with E-state index in [1.165, 1.54) is 0 Å². The second-order valence-electron chi connectivity index (χ2n) is 2.88. The van der Waals surface area contributed by atoms with Gasteiger partial charge in [0.15, 0.2) is 12.6 Å². The third-order valence-electron chi connectivity index (χ3n) is 1.52. The smallest absolute Gasteiger partial charge is 0.319 e. The van der Waals surface area contributed by atoms with E-state index in [2.05, 4.69) is 9.47 Å². The van der Waals surface area contributed by atoms with Gasteiger partial charge in [0, 0.05) is 12.8 Å². The molecule has 0 saturated carbocycles. The fourth-order valence-electron chi connectivity index (χ4n) is 0.671. The summed E-state index contributed by atoms with van der Waals surface area (Å²) in [5.41, 5.74) is 0. The van der Waals surface area contributed by atoms with Crippen LogP contribution in [-0.2, 0) is 19.1 Å². The Morgan fingerprint density at radius 1 is 1.00 bits per heavy atom. The van der Waals surface area contributed by atoms with Crippen LogP contribution in [0.25, 0.3) is 0 Å². The number of rotatable bonds is 6. The van der Waals surface area contributed by atoms with Gasteiger partial charge < -0.3 is 19.7 Å². The highest BCUT2D eigenvalue weighted by molar-refractivity contribution is 5.91. The van der Waals surface area contributed by atoms with E-state index in [-0.39, 0.29) is 12.8 Å². The van der Waals surface area contributed by atoms with Crippen LogP contribution in [0, 0.1) is 0 Å². The van der Waals surface area contributed by atoms with E-state index < -0.39 is 30.9 Å². The number of aliphatic hydroxyl groups excluding tert-OH is 2. The highest BCUT2D eigenvalue weighted by Crippen LogP contribution is 2.00. The molecule has 0 aliphatic rings. The van der Waals surface area contributed by atoms with Gasteiger partial charge in [0.2, 0.25) is 0 Å². The van der Waals surface area contributed by atoms with Crippen molar-refractivity contribution in [2.24, 2.45) is 0 Å². The van der Waals surface area contributed by atoms with Crippen LogP contribution in [0.5, 0.6) is 0 Å². The highest BCUT2D eigenvalue weighted by Gasteiger charge is 2.17. The van der Waals surface area contributed by atoms with Crippen molar-refractivity contribution in [1.82, 2.24) is 0 Å². The summed E-state index contributed by atoms with van der Waals surface area (Å²) in [5.74, 6) is -1.75. The van der Waals surface area contributed by atoms with Crippen LogP contribution in [0.1, 0.15) is 33.1 Å². The SMILES string of the molecule is CCC(O)OC(=O)CC(=O)OC(O)CC. The molecule has 0 aliphatic carbocycles. The molecule has 0 aliphatic heterocycles. The van der Waals surface area contributed by atoms with E-state index in [0.717, 1.165) is 0 Å². The minimum absolute atomic E-state index is 0.248. The summed E-state index contributed by atoms with van der Waals surface area (Å²) in [7, 11) is 0. The third kappa shape index (κ3) is 6.87. The van der Waals surface area contributed by atoms with Crippen molar-refractivity contribution in [3.8, 4) is 0 Å². The summed E-state index contributed by atoms with van der Waals surface area (Å²) in [4.78, 5) is 21.9. The fourth-order valence-corrected chi connectivity index (χ4v) is 0.671. The standard InChI is InChI=1S/C9H16O6/c1-3-6(10)14-8(12)5-9(13)15-7(11)4-2/h6-7,10-11H,3-5H2,1-2H3. The first-order chi connectivity index (χ1) is 6.99. The summed E-state index contributed by atoms with van der Waals surface area (Å²) >= 11 is 0. The Hall–Kier alpha value is -1.14. The van der Waals surface area contributed by atoms with Crippen LogP contribution in [0.4, 0.5) is 0 Å². The summed E-state index contributed by atoms with van der Waals surface area (Å²) in [6, 6.07) is 0. The minimum atomic E-state index is -1.21. The molecule has 0 radical (unpaired) electrons. The molecule has 6 nitrogen and oxygen atoms in total. The molecule has 2 unspecified atom stereocenters. The average molecular weight is 220 g/mol. The van der Waals surface area contributed by atoms with Gasteiger partial charge in [0.05, 0.1) is 0 Å². The molecule has 0 aromatic heterocycles. The molecule has 2 N–H and O–H groups in total. The molecule has 0 saturated heterocycles. The Balaban J connectivity index is 3.81. The zero-order valence-electron chi connectivity index (χ0n) is 8.80. The van der Waals surface area contributed by atoms with Gasteiger partial charge in [-0.1, -0.05) is 13.8 Å². The van der Waals surface area contributed by atoms with Crippen LogP contribution in [0.3, 0.4) is 0 Å². The van der Waals surface area contributed by atoms with Crippen LogP contribution >= 0.6 is 0 Å². The van der Waals surface area contributed by atoms with Gasteiger partial charge in [-0.2, -0.15) is 0 Å². The van der Waals surface area contributed by atoms with Crippen molar-refractivity contribution in [3.63, 3.8) is 0 Å². The number of esters is 2. The predicted molar refractivity (Wildman–Crippen MR) is 49.4 cm³/mol. The summed E-state index contributed by atoms with van der Waals surface area (Å²) in [6.45, 7) is 3.24. The molecule has 0 heterocycles. The molecular formula is C9H16O6. The van der Waals surface area contributed by atoms with E-state index in [4.69, 9.17) is 10.2 Å². The molecule has 0 bridgehead atoms. The number of aliphatic hydroxyl groups is 2. The van der Waals surface area contributed by atoms with E-state index >= 15 is 0 Å². The Morgan fingerprint density at radius 2 is 1.33 bits per heavy atom. The summed E-state index contributed by atoms with van der Waals surface area (Å²) < 4.78 is 8.84. The number of ether oxygens (including phenoxy) is 2. The van der Waals surface area contributed by atoms with Gasteiger partial charge >= 0.3 is 11.9 Å². The van der Waals surface area contributed by atoms with Crippen molar-refractivity contribution in [2.75, 3.05) is 0 Å². The highest BCUT2D eigenvalue weighted by atomic mass is 16.6. The lowest BCUT2D eigenvalue weighted by atomic mass is 10.4. The number of hydrogen-bond donors (Lipinski definition) is 2. The maximum Gasteiger partial charge on any atom is 0.319 e. The number of hydrogen-bond acceptors (Lipinski definition) is 6. The van der Waals surface area contributed by atoms with Gasteiger partial charge in [-0.05, 0) is 0 Å². The molecule has 0 aromatic rings. The quantitative estimate of drug-likeness (QED) is 0.369. The lowest BCUT2D eigenvalue weighted by Gasteiger charge is -2.11. The molecule has 15 heavy (non-hydrogen) atoms. The third-order valence-corrected chi connectivity index (χ3v) is 1.52. The van der Waals surface area contributed by atoms with E-state index in [1.807, 2.05) is 0 Å². The zero-order valence-corrected chi connectivity index (χ0v) is 8.80. The van der Waals surface area contributed by atoms with Crippen molar-refractivity contribution in [1.29, 1.82) is 0 Å². The Labute approximate surface area is 87.8 Å². The lowest BCUT2D eigenvalue weighted by Crippen LogP contribution is -2.23. The average Bonchev–Trinajstić information content (AvgIpc) is 2.16. The summed E-state index contributed by atoms with van der Waals surface area (Å²) in [6.07, 6.45) is -2.53. The molecule has 0 aromatic carbocycles. The van der Waals surface area contributed by atoms with Gasteiger partial charge in [-0.15, -0.1) is 0 Å². The lowest BCUT2D eigenvalue weighted by molar-refractivity contribution is -0.179. The maximum absolute atomic E-state index is 10.9. The molecule has 0 spiro atoms. The van der Waals surface area contributed by atoms with E-state index in [0.29, 0.717) is 0 Å². The van der Waals surface area contributed by atoms with Crippen molar-refractivity contribution < 1.29 is 29.3 Å². The van der Waals surface area contributed by atoms with Crippen LogP contribution in [-0.4, -0.2) is 34.7 Å². The second-order valence-corrected chi connectivity index (χ2v) is 2.88. The van der Waals surface area contributed by atoms with Gasteiger partial charge in [0.25, 0.3) is 0 Å². The molecule has 0 rings (SSSR count). The number of carbonyl (C=O) groups excluding carboxylic acids is 2. The molecule has 6 heteroatoms. The zero-order chi connectivity index (χ0) is 11.8. The molecular weight excluding hydrogens is 204 g/mol. The fraction of sp³-hybridized carbons (Fsp3) is 0.778. The normalized spacial score (nSPS) is 14.1. The van der Waals surface area contributed by atoms with Crippen molar-refractivity contribution in [3.05, 3.63) is 0 Å². The van der Waals surface area contributed by atoms with Crippen LogP contribution < -0.4 is 0 Å². The Morgan fingerprint density at radius 3 is 1.60 bits per heavy atom. The second kappa shape index (κ2) is 7.19.